The number of ether oxygens (including phenoxy) is 2. The molecule has 4 rings (SSSR count). The maximum absolute atomic E-state index is 13.6. The summed E-state index contributed by atoms with van der Waals surface area (Å²) in [6.07, 6.45) is 3.10. The second-order valence-corrected chi connectivity index (χ2v) is 7.76. The highest BCUT2D eigenvalue weighted by Crippen LogP contribution is 2.40. The molecular weight excluding hydrogens is 413 g/mol. The van der Waals surface area contributed by atoms with Crippen molar-refractivity contribution >= 4 is 17.4 Å². The first-order valence-corrected chi connectivity index (χ1v) is 10.5. The Labute approximate surface area is 185 Å². The van der Waals surface area contributed by atoms with Crippen LogP contribution in [0.2, 0.25) is 0 Å². The number of carbonyl (C=O) groups is 2. The number of rotatable bonds is 7. The standard InChI is InChI=1S/C25H24FNO5/c1-2-13-31-19-11-7-17(8-12-19)23(28)21-22(16-5-9-18(26)10-6-16)27(25(30)24(21)29)15-20-4-3-14-32-20/h2,5-12,20,22,28H,1,3-4,13-15H2/t20-,22+/m0/s1. The van der Waals surface area contributed by atoms with Crippen LogP contribution in [-0.4, -0.2) is 47.6 Å². The molecular formula is C25H24FNO5. The number of benzene rings is 2. The van der Waals surface area contributed by atoms with Gasteiger partial charge in [-0.1, -0.05) is 24.8 Å². The van der Waals surface area contributed by atoms with Crippen LogP contribution in [0.1, 0.15) is 30.0 Å². The van der Waals surface area contributed by atoms with Gasteiger partial charge < -0.3 is 19.5 Å². The summed E-state index contributed by atoms with van der Waals surface area (Å²) in [5.74, 6) is -1.62. The Morgan fingerprint density at radius 3 is 2.53 bits per heavy atom. The van der Waals surface area contributed by atoms with Crippen molar-refractivity contribution in [2.24, 2.45) is 0 Å². The molecule has 2 aliphatic heterocycles. The number of amides is 1. The Morgan fingerprint density at radius 1 is 1.19 bits per heavy atom. The first kappa shape index (κ1) is 21.8. The normalized spacial score (nSPS) is 22.3. The van der Waals surface area contributed by atoms with E-state index in [4.69, 9.17) is 9.47 Å². The van der Waals surface area contributed by atoms with Crippen molar-refractivity contribution in [3.63, 3.8) is 0 Å². The number of halogens is 1. The van der Waals surface area contributed by atoms with Crippen molar-refractivity contribution in [3.05, 3.63) is 83.7 Å². The summed E-state index contributed by atoms with van der Waals surface area (Å²) in [5.41, 5.74) is 0.883. The quantitative estimate of drug-likeness (QED) is 0.307. The highest BCUT2D eigenvalue weighted by Gasteiger charge is 2.47. The summed E-state index contributed by atoms with van der Waals surface area (Å²) in [5, 5.41) is 11.1. The van der Waals surface area contributed by atoms with Gasteiger partial charge in [-0.15, -0.1) is 0 Å². The minimum atomic E-state index is -0.837. The Hall–Kier alpha value is -3.45. The number of nitrogens with zero attached hydrogens (tertiary/aromatic N) is 1. The third-order valence-electron chi connectivity index (χ3n) is 5.65. The van der Waals surface area contributed by atoms with Gasteiger partial charge >= 0.3 is 0 Å². The van der Waals surface area contributed by atoms with E-state index < -0.39 is 23.5 Å². The highest BCUT2D eigenvalue weighted by molar-refractivity contribution is 6.46. The van der Waals surface area contributed by atoms with Gasteiger partial charge in [-0.05, 0) is 54.8 Å². The number of aliphatic hydroxyl groups excluding tert-OH is 1. The highest BCUT2D eigenvalue weighted by atomic mass is 19.1. The number of aliphatic hydroxyl groups is 1. The van der Waals surface area contributed by atoms with Crippen LogP contribution < -0.4 is 4.74 Å². The lowest BCUT2D eigenvalue weighted by Gasteiger charge is -2.27. The monoisotopic (exact) mass is 437 g/mol. The molecule has 0 aliphatic carbocycles. The van der Waals surface area contributed by atoms with Crippen molar-refractivity contribution in [2.75, 3.05) is 19.8 Å². The van der Waals surface area contributed by atoms with Crippen LogP contribution in [0, 0.1) is 5.82 Å². The summed E-state index contributed by atoms with van der Waals surface area (Å²) in [4.78, 5) is 27.4. The Kier molecular flexibility index (Phi) is 6.37. The van der Waals surface area contributed by atoms with E-state index in [1.807, 2.05) is 0 Å². The first-order valence-electron chi connectivity index (χ1n) is 10.5. The van der Waals surface area contributed by atoms with Crippen LogP contribution in [0.3, 0.4) is 0 Å². The molecule has 1 N–H and O–H groups in total. The Balaban J connectivity index is 1.74. The molecule has 2 atom stereocenters. The lowest BCUT2D eigenvalue weighted by Crippen LogP contribution is -2.36. The van der Waals surface area contributed by atoms with Crippen molar-refractivity contribution in [3.8, 4) is 5.75 Å². The molecule has 2 heterocycles. The third-order valence-corrected chi connectivity index (χ3v) is 5.65. The summed E-state index contributed by atoms with van der Waals surface area (Å²) < 4.78 is 24.7. The molecule has 2 aliphatic rings. The van der Waals surface area contributed by atoms with Gasteiger partial charge in [0.2, 0.25) is 0 Å². The Morgan fingerprint density at radius 2 is 1.91 bits per heavy atom. The summed E-state index contributed by atoms with van der Waals surface area (Å²) in [7, 11) is 0. The number of ketones is 1. The molecule has 0 unspecified atom stereocenters. The van der Waals surface area contributed by atoms with Gasteiger partial charge in [0.15, 0.2) is 0 Å². The molecule has 2 fully saturated rings. The SMILES string of the molecule is C=CCOc1ccc(C(O)=C2C(=O)C(=O)N(C[C@@H]3CCCO3)[C@@H]2c2ccc(F)cc2)cc1. The van der Waals surface area contributed by atoms with Crippen LogP contribution in [0.25, 0.3) is 5.76 Å². The molecule has 0 spiro atoms. The fourth-order valence-electron chi connectivity index (χ4n) is 4.09. The van der Waals surface area contributed by atoms with Crippen LogP contribution in [0.5, 0.6) is 5.75 Å². The minimum absolute atomic E-state index is 0.0284. The lowest BCUT2D eigenvalue weighted by atomic mass is 9.95. The minimum Gasteiger partial charge on any atom is -0.507 e. The molecule has 6 nitrogen and oxygen atoms in total. The van der Waals surface area contributed by atoms with Crippen molar-refractivity contribution < 1.29 is 28.6 Å². The molecule has 166 valence electrons. The predicted molar refractivity (Wildman–Crippen MR) is 117 cm³/mol. The average molecular weight is 437 g/mol. The smallest absolute Gasteiger partial charge is 0.295 e. The van der Waals surface area contributed by atoms with E-state index in [9.17, 15) is 19.1 Å². The zero-order valence-electron chi connectivity index (χ0n) is 17.5. The van der Waals surface area contributed by atoms with E-state index in [-0.39, 0.29) is 24.0 Å². The van der Waals surface area contributed by atoms with Gasteiger partial charge in [-0.3, -0.25) is 9.59 Å². The van der Waals surface area contributed by atoms with Crippen LogP contribution in [-0.2, 0) is 14.3 Å². The van der Waals surface area contributed by atoms with Crippen LogP contribution in [0.4, 0.5) is 4.39 Å². The molecule has 0 aromatic heterocycles. The van der Waals surface area contributed by atoms with Crippen LogP contribution in [0.15, 0.2) is 66.8 Å². The fraction of sp³-hybridized carbons (Fsp3) is 0.280. The molecule has 32 heavy (non-hydrogen) atoms. The van der Waals surface area contributed by atoms with Crippen molar-refractivity contribution in [2.45, 2.75) is 25.0 Å². The zero-order chi connectivity index (χ0) is 22.7. The maximum atomic E-state index is 13.6. The third kappa shape index (κ3) is 4.29. The van der Waals surface area contributed by atoms with Gasteiger partial charge in [-0.2, -0.15) is 0 Å². The van der Waals surface area contributed by atoms with E-state index >= 15 is 0 Å². The number of hydrogen-bond acceptors (Lipinski definition) is 5. The fourth-order valence-corrected chi connectivity index (χ4v) is 4.09. The van der Waals surface area contributed by atoms with Gasteiger partial charge in [-0.25, -0.2) is 4.39 Å². The largest absolute Gasteiger partial charge is 0.507 e. The number of hydrogen-bond donors (Lipinski definition) is 1. The summed E-state index contributed by atoms with van der Waals surface area (Å²) in [6, 6.07) is 11.3. The molecule has 7 heteroatoms. The molecule has 0 saturated carbocycles. The molecule has 2 aromatic carbocycles. The molecule has 1 amide bonds. The van der Waals surface area contributed by atoms with Crippen molar-refractivity contribution in [1.29, 1.82) is 0 Å². The van der Waals surface area contributed by atoms with Gasteiger partial charge in [0.05, 0.1) is 17.7 Å². The van der Waals surface area contributed by atoms with Gasteiger partial charge in [0, 0.05) is 18.7 Å². The van der Waals surface area contributed by atoms with Crippen molar-refractivity contribution in [1.82, 2.24) is 4.90 Å². The van der Waals surface area contributed by atoms with Crippen LogP contribution >= 0.6 is 0 Å². The first-order chi connectivity index (χ1) is 15.5. The molecule has 2 aromatic rings. The summed E-state index contributed by atoms with van der Waals surface area (Å²) >= 11 is 0. The number of likely N-dealkylation sites (tertiary alicyclic amines) is 1. The average Bonchev–Trinajstić information content (AvgIpc) is 3.41. The lowest BCUT2D eigenvalue weighted by molar-refractivity contribution is -0.140. The second kappa shape index (κ2) is 9.36. The second-order valence-electron chi connectivity index (χ2n) is 7.76. The molecule has 2 saturated heterocycles. The van der Waals surface area contributed by atoms with E-state index in [0.29, 0.717) is 30.1 Å². The number of Topliss-reactive ketones (excluding diaryl/α,β-unsaturated/α-hetero) is 1. The number of carbonyl (C=O) groups excluding carboxylic acids is 2. The zero-order valence-corrected chi connectivity index (χ0v) is 17.5. The predicted octanol–water partition coefficient (Wildman–Crippen LogP) is 3.99. The maximum Gasteiger partial charge on any atom is 0.295 e. The van der Waals surface area contributed by atoms with E-state index in [1.54, 1.807) is 30.3 Å². The molecule has 0 bridgehead atoms. The van der Waals surface area contributed by atoms with E-state index in [1.165, 1.54) is 29.2 Å². The van der Waals surface area contributed by atoms with Gasteiger partial charge in [0.1, 0.15) is 23.9 Å². The van der Waals surface area contributed by atoms with Gasteiger partial charge in [0.25, 0.3) is 11.7 Å². The topological polar surface area (TPSA) is 76.1 Å². The Bertz CT molecular complexity index is 1040. The van der Waals surface area contributed by atoms with E-state index in [0.717, 1.165) is 12.8 Å². The molecule has 0 radical (unpaired) electrons. The van der Waals surface area contributed by atoms with E-state index in [2.05, 4.69) is 6.58 Å². The summed E-state index contributed by atoms with van der Waals surface area (Å²) in [6.45, 7) is 4.76.